The van der Waals surface area contributed by atoms with Gasteiger partial charge >= 0.3 is 0 Å². The fraction of sp³-hybridized carbons (Fsp3) is 0.778. The summed E-state index contributed by atoms with van der Waals surface area (Å²) in [6.07, 6.45) is 11.3. The van der Waals surface area contributed by atoms with E-state index in [-0.39, 0.29) is 24.0 Å². The molecule has 1 rings (SSSR count). The van der Waals surface area contributed by atoms with E-state index in [0.717, 1.165) is 50.2 Å². The van der Waals surface area contributed by atoms with Crippen LogP contribution in [0.1, 0.15) is 58.2 Å². The molecule has 1 heterocycles. The Balaban J connectivity index is 0.00000529. The molecule has 1 aromatic rings. The maximum atomic E-state index is 4.32. The number of aliphatic imine (C=N–C) groups is 1. The number of nitrogens with one attached hydrogen (secondary N) is 2. The van der Waals surface area contributed by atoms with Crippen LogP contribution in [0.5, 0.6) is 0 Å². The number of aromatic nitrogens is 2. The van der Waals surface area contributed by atoms with Crippen molar-refractivity contribution in [2.75, 3.05) is 20.1 Å². The average molecular weight is 449 g/mol. The Morgan fingerprint density at radius 1 is 1.25 bits per heavy atom. The van der Waals surface area contributed by atoms with Crippen LogP contribution in [0.4, 0.5) is 0 Å². The van der Waals surface area contributed by atoms with Crippen molar-refractivity contribution in [1.29, 1.82) is 0 Å². The highest BCUT2D eigenvalue weighted by molar-refractivity contribution is 14.0. The molecule has 0 fully saturated rings. The lowest BCUT2D eigenvalue weighted by molar-refractivity contribution is 0.443. The molecule has 0 radical (unpaired) electrons. The molecule has 0 aliphatic heterocycles. The number of unbranched alkanes of at least 4 members (excludes halogenated alkanes) is 2. The summed E-state index contributed by atoms with van der Waals surface area (Å²) in [5, 5.41) is 6.88. The minimum atomic E-state index is 0. The third-order valence-electron chi connectivity index (χ3n) is 4.37. The zero-order chi connectivity index (χ0) is 16.9. The molecule has 0 aliphatic carbocycles. The molecule has 0 spiro atoms. The zero-order valence-corrected chi connectivity index (χ0v) is 18.2. The lowest BCUT2D eigenvalue weighted by atomic mass is 9.99. The van der Waals surface area contributed by atoms with Gasteiger partial charge in [0.1, 0.15) is 5.82 Å². The molecule has 0 amide bonds. The second-order valence-corrected chi connectivity index (χ2v) is 6.17. The minimum absolute atomic E-state index is 0. The van der Waals surface area contributed by atoms with Crippen molar-refractivity contribution in [3.05, 3.63) is 18.2 Å². The van der Waals surface area contributed by atoms with Crippen molar-refractivity contribution in [3.8, 4) is 0 Å². The summed E-state index contributed by atoms with van der Waals surface area (Å²) in [6, 6.07) is 0. The smallest absolute Gasteiger partial charge is 0.190 e. The van der Waals surface area contributed by atoms with Crippen molar-refractivity contribution < 1.29 is 0 Å². The van der Waals surface area contributed by atoms with Gasteiger partial charge in [-0.05, 0) is 32.1 Å². The van der Waals surface area contributed by atoms with E-state index in [1.165, 1.54) is 25.7 Å². The fourth-order valence-corrected chi connectivity index (χ4v) is 2.66. The number of halogens is 1. The van der Waals surface area contributed by atoms with Crippen LogP contribution in [0.25, 0.3) is 0 Å². The Morgan fingerprint density at radius 2 is 2.04 bits per heavy atom. The lowest BCUT2D eigenvalue weighted by Gasteiger charge is -2.18. The predicted molar refractivity (Wildman–Crippen MR) is 114 cm³/mol. The van der Waals surface area contributed by atoms with E-state index in [2.05, 4.69) is 39.0 Å². The number of aryl methyl sites for hydroxylation is 2. The van der Waals surface area contributed by atoms with Gasteiger partial charge in [-0.1, -0.05) is 33.1 Å². The first-order valence-corrected chi connectivity index (χ1v) is 9.13. The van der Waals surface area contributed by atoms with Crippen LogP contribution in [0, 0.1) is 12.8 Å². The van der Waals surface area contributed by atoms with Gasteiger partial charge in [0.25, 0.3) is 0 Å². The van der Waals surface area contributed by atoms with E-state index >= 15 is 0 Å². The van der Waals surface area contributed by atoms with Gasteiger partial charge in [-0.25, -0.2) is 4.98 Å². The first-order valence-electron chi connectivity index (χ1n) is 9.13. The molecular weight excluding hydrogens is 413 g/mol. The van der Waals surface area contributed by atoms with E-state index < -0.39 is 0 Å². The minimum Gasteiger partial charge on any atom is -0.356 e. The molecule has 0 saturated carbocycles. The number of imidazole rings is 1. The summed E-state index contributed by atoms with van der Waals surface area (Å²) in [7, 11) is 1.84. The van der Waals surface area contributed by atoms with E-state index in [1.807, 2.05) is 26.4 Å². The lowest BCUT2D eigenvalue weighted by Crippen LogP contribution is -2.40. The molecule has 1 aromatic heterocycles. The molecule has 1 unspecified atom stereocenters. The maximum absolute atomic E-state index is 4.32. The molecule has 140 valence electrons. The second kappa shape index (κ2) is 14.5. The molecule has 0 bridgehead atoms. The molecule has 24 heavy (non-hydrogen) atoms. The molecule has 0 saturated heterocycles. The van der Waals surface area contributed by atoms with E-state index in [4.69, 9.17) is 0 Å². The van der Waals surface area contributed by atoms with Crippen LogP contribution < -0.4 is 10.6 Å². The highest BCUT2D eigenvalue weighted by Crippen LogP contribution is 2.11. The van der Waals surface area contributed by atoms with Crippen molar-refractivity contribution in [2.24, 2.45) is 10.9 Å². The Hall–Kier alpha value is -0.790. The Morgan fingerprint density at radius 3 is 2.62 bits per heavy atom. The van der Waals surface area contributed by atoms with Crippen LogP contribution in [0.2, 0.25) is 0 Å². The van der Waals surface area contributed by atoms with Crippen molar-refractivity contribution >= 4 is 29.9 Å². The molecule has 0 aromatic carbocycles. The molecule has 0 aliphatic rings. The van der Waals surface area contributed by atoms with Gasteiger partial charge in [0.2, 0.25) is 0 Å². The first kappa shape index (κ1) is 23.2. The predicted octanol–water partition coefficient (Wildman–Crippen LogP) is 3.97. The van der Waals surface area contributed by atoms with Crippen LogP contribution in [0.15, 0.2) is 17.4 Å². The van der Waals surface area contributed by atoms with Gasteiger partial charge in [-0.3, -0.25) is 4.99 Å². The Kier molecular flexibility index (Phi) is 14.1. The summed E-state index contributed by atoms with van der Waals surface area (Å²) >= 11 is 0. The quantitative estimate of drug-likeness (QED) is 0.233. The summed E-state index contributed by atoms with van der Waals surface area (Å²) in [4.78, 5) is 8.56. The first-order chi connectivity index (χ1) is 11.2. The second-order valence-electron chi connectivity index (χ2n) is 6.17. The van der Waals surface area contributed by atoms with Crippen molar-refractivity contribution in [3.63, 3.8) is 0 Å². The number of nitrogens with zero attached hydrogens (tertiary/aromatic N) is 3. The highest BCUT2D eigenvalue weighted by Gasteiger charge is 2.06. The standard InChI is InChI=1S/C18H35N5.HI/c1-5-7-10-17(6-2)15-22-18(19-4)21-11-8-9-13-23-14-12-20-16(23)3;/h12,14,17H,5-11,13,15H2,1-4H3,(H2,19,21,22);1H. The number of rotatable bonds is 11. The highest BCUT2D eigenvalue weighted by atomic mass is 127. The van der Waals surface area contributed by atoms with Gasteiger partial charge < -0.3 is 15.2 Å². The van der Waals surface area contributed by atoms with Crippen LogP contribution in [-0.4, -0.2) is 35.6 Å². The summed E-state index contributed by atoms with van der Waals surface area (Å²) in [6.45, 7) is 9.59. The summed E-state index contributed by atoms with van der Waals surface area (Å²) < 4.78 is 2.20. The van der Waals surface area contributed by atoms with Crippen molar-refractivity contribution in [1.82, 2.24) is 20.2 Å². The zero-order valence-electron chi connectivity index (χ0n) is 15.8. The van der Waals surface area contributed by atoms with Crippen molar-refractivity contribution in [2.45, 2.75) is 65.8 Å². The number of hydrogen-bond acceptors (Lipinski definition) is 2. The third kappa shape index (κ3) is 9.49. The monoisotopic (exact) mass is 449 g/mol. The normalized spacial score (nSPS) is 12.6. The van der Waals surface area contributed by atoms with Gasteiger partial charge in [-0.2, -0.15) is 0 Å². The third-order valence-corrected chi connectivity index (χ3v) is 4.37. The molecule has 5 nitrogen and oxygen atoms in total. The molecule has 1 atom stereocenters. The topological polar surface area (TPSA) is 54.2 Å². The molecule has 2 N–H and O–H groups in total. The Labute approximate surface area is 165 Å². The largest absolute Gasteiger partial charge is 0.356 e. The van der Waals surface area contributed by atoms with Crippen LogP contribution >= 0.6 is 24.0 Å². The number of hydrogen-bond donors (Lipinski definition) is 2. The fourth-order valence-electron chi connectivity index (χ4n) is 2.66. The molecular formula is C18H36IN5. The van der Waals surface area contributed by atoms with Gasteiger partial charge in [0.15, 0.2) is 5.96 Å². The van der Waals surface area contributed by atoms with Gasteiger partial charge in [0.05, 0.1) is 0 Å². The number of guanidine groups is 1. The van der Waals surface area contributed by atoms with E-state index in [9.17, 15) is 0 Å². The van der Waals surface area contributed by atoms with Gasteiger partial charge in [0, 0.05) is 39.1 Å². The maximum Gasteiger partial charge on any atom is 0.190 e. The summed E-state index contributed by atoms with van der Waals surface area (Å²) in [5.74, 6) is 2.77. The SMILES string of the molecule is CCCCC(CC)CNC(=NC)NCCCCn1ccnc1C.I. The Bertz CT molecular complexity index is 444. The average Bonchev–Trinajstić information content (AvgIpc) is 2.97. The van der Waals surface area contributed by atoms with Gasteiger partial charge in [-0.15, -0.1) is 24.0 Å². The van der Waals surface area contributed by atoms with E-state index in [1.54, 1.807) is 0 Å². The molecule has 6 heteroatoms. The van der Waals surface area contributed by atoms with Crippen LogP contribution in [0.3, 0.4) is 0 Å². The van der Waals surface area contributed by atoms with Crippen LogP contribution in [-0.2, 0) is 6.54 Å². The van der Waals surface area contributed by atoms with E-state index in [0.29, 0.717) is 0 Å². The summed E-state index contributed by atoms with van der Waals surface area (Å²) in [5.41, 5.74) is 0.